The number of hydrogen-bond donors (Lipinski definition) is 1. The molecule has 1 N–H and O–H groups in total. The molecule has 0 bridgehead atoms. The fourth-order valence-corrected chi connectivity index (χ4v) is 2.12. The van der Waals surface area contributed by atoms with Crippen molar-refractivity contribution < 1.29 is 4.39 Å². The van der Waals surface area contributed by atoms with Gasteiger partial charge in [0.1, 0.15) is 10.8 Å². The van der Waals surface area contributed by atoms with Gasteiger partial charge in [0.05, 0.1) is 6.04 Å². The molecule has 2 rings (SSSR count). The van der Waals surface area contributed by atoms with Crippen LogP contribution in [0.15, 0.2) is 24.4 Å². The van der Waals surface area contributed by atoms with Crippen LogP contribution in [0, 0.1) is 12.9 Å². The molecule has 3 nitrogen and oxygen atoms in total. The lowest BCUT2D eigenvalue weighted by Crippen LogP contribution is -2.07. The zero-order valence-corrected chi connectivity index (χ0v) is 9.88. The lowest BCUT2D eigenvalue weighted by atomic mass is 10.3. The molecular weight excluding hydrogens is 225 g/mol. The van der Waals surface area contributed by atoms with E-state index >= 15 is 0 Å². The van der Waals surface area contributed by atoms with Crippen LogP contribution >= 0.6 is 11.3 Å². The molecule has 1 unspecified atom stereocenters. The molecule has 0 saturated carbocycles. The third-order valence-electron chi connectivity index (χ3n) is 2.09. The fourth-order valence-electron chi connectivity index (χ4n) is 1.34. The summed E-state index contributed by atoms with van der Waals surface area (Å²) in [7, 11) is 0. The van der Waals surface area contributed by atoms with Gasteiger partial charge < -0.3 is 5.32 Å². The first kappa shape index (κ1) is 11.0. The Labute approximate surface area is 97.4 Å². The van der Waals surface area contributed by atoms with E-state index in [9.17, 15) is 4.39 Å². The molecule has 16 heavy (non-hydrogen) atoms. The van der Waals surface area contributed by atoms with Gasteiger partial charge in [0.25, 0.3) is 0 Å². The van der Waals surface area contributed by atoms with Gasteiger partial charge in [-0.3, -0.25) is 0 Å². The number of aromatic nitrogens is 2. The molecule has 0 amide bonds. The molecule has 0 aromatic carbocycles. The van der Waals surface area contributed by atoms with E-state index in [0.29, 0.717) is 5.82 Å². The van der Waals surface area contributed by atoms with E-state index in [2.05, 4.69) is 15.3 Å². The lowest BCUT2D eigenvalue weighted by Gasteiger charge is -2.11. The van der Waals surface area contributed by atoms with Gasteiger partial charge in [0, 0.05) is 11.1 Å². The number of rotatable bonds is 3. The number of pyridine rings is 1. The van der Waals surface area contributed by atoms with Crippen LogP contribution in [0.1, 0.15) is 22.9 Å². The summed E-state index contributed by atoms with van der Waals surface area (Å²) in [4.78, 5) is 9.18. The Morgan fingerprint density at radius 3 is 2.88 bits per heavy atom. The number of aryl methyl sites for hydroxylation is 1. The van der Waals surface area contributed by atoms with Crippen LogP contribution in [-0.4, -0.2) is 9.97 Å². The minimum atomic E-state index is -0.479. The van der Waals surface area contributed by atoms with E-state index in [4.69, 9.17) is 0 Å². The van der Waals surface area contributed by atoms with Gasteiger partial charge in [-0.15, -0.1) is 11.3 Å². The van der Waals surface area contributed by atoms with Gasteiger partial charge in [-0.05, 0) is 26.0 Å². The largest absolute Gasteiger partial charge is 0.361 e. The Hall–Kier alpha value is -1.49. The summed E-state index contributed by atoms with van der Waals surface area (Å²) < 4.78 is 12.9. The number of nitrogens with zero attached hydrogens (tertiary/aromatic N) is 2. The Morgan fingerprint density at radius 1 is 1.44 bits per heavy atom. The maximum Gasteiger partial charge on any atom is 0.214 e. The number of halogens is 1. The van der Waals surface area contributed by atoms with Crippen molar-refractivity contribution in [3.63, 3.8) is 0 Å². The third-order valence-corrected chi connectivity index (χ3v) is 3.18. The van der Waals surface area contributed by atoms with Crippen LogP contribution in [0.3, 0.4) is 0 Å². The number of nitrogens with one attached hydrogen (secondary N) is 1. The average molecular weight is 237 g/mol. The minimum absolute atomic E-state index is 0.0352. The summed E-state index contributed by atoms with van der Waals surface area (Å²) in [5.74, 6) is 0.0490. The maximum atomic E-state index is 12.9. The van der Waals surface area contributed by atoms with Gasteiger partial charge >= 0.3 is 0 Å². The summed E-state index contributed by atoms with van der Waals surface area (Å²) >= 11 is 1.62. The van der Waals surface area contributed by atoms with Gasteiger partial charge in [-0.2, -0.15) is 4.39 Å². The number of hydrogen-bond acceptors (Lipinski definition) is 4. The average Bonchev–Trinajstić information content (AvgIpc) is 2.65. The van der Waals surface area contributed by atoms with E-state index in [1.165, 1.54) is 6.07 Å². The van der Waals surface area contributed by atoms with Crippen molar-refractivity contribution in [2.75, 3.05) is 5.32 Å². The molecule has 2 aromatic heterocycles. The summed E-state index contributed by atoms with van der Waals surface area (Å²) in [6.07, 6.45) is 1.83. The fraction of sp³-hybridized carbons (Fsp3) is 0.273. The van der Waals surface area contributed by atoms with Crippen LogP contribution in [0.2, 0.25) is 0 Å². The Bertz CT molecular complexity index is 484. The second kappa shape index (κ2) is 4.57. The molecule has 0 aliphatic carbocycles. The van der Waals surface area contributed by atoms with Gasteiger partial charge in [0.2, 0.25) is 5.95 Å². The first-order chi connectivity index (χ1) is 7.65. The smallest absolute Gasteiger partial charge is 0.214 e. The second-order valence-corrected chi connectivity index (χ2v) is 4.79. The van der Waals surface area contributed by atoms with Crippen LogP contribution in [0.4, 0.5) is 10.2 Å². The van der Waals surface area contributed by atoms with Gasteiger partial charge in [-0.25, -0.2) is 9.97 Å². The van der Waals surface area contributed by atoms with Gasteiger partial charge in [0.15, 0.2) is 0 Å². The molecule has 2 heterocycles. The highest BCUT2D eigenvalue weighted by molar-refractivity contribution is 7.11. The molecule has 0 fully saturated rings. The van der Waals surface area contributed by atoms with Gasteiger partial charge in [-0.1, -0.05) is 6.07 Å². The predicted molar refractivity (Wildman–Crippen MR) is 63.1 cm³/mol. The molecule has 84 valence electrons. The van der Waals surface area contributed by atoms with Crippen molar-refractivity contribution in [3.05, 3.63) is 40.2 Å². The first-order valence-corrected chi connectivity index (χ1v) is 5.78. The maximum absolute atomic E-state index is 12.9. The zero-order valence-electron chi connectivity index (χ0n) is 9.07. The van der Waals surface area contributed by atoms with Crippen molar-refractivity contribution in [2.24, 2.45) is 0 Å². The normalized spacial score (nSPS) is 12.4. The Kier molecular flexibility index (Phi) is 3.14. The van der Waals surface area contributed by atoms with Crippen molar-refractivity contribution in [3.8, 4) is 0 Å². The standard InChI is InChI=1S/C11H12FN3S/c1-7-6-13-11(16-7)8(2)14-10-5-3-4-9(12)15-10/h3-6,8H,1-2H3,(H,14,15). The van der Waals surface area contributed by atoms with Crippen molar-refractivity contribution >= 4 is 17.2 Å². The van der Waals surface area contributed by atoms with Crippen LogP contribution < -0.4 is 5.32 Å². The molecule has 0 saturated heterocycles. The topological polar surface area (TPSA) is 37.8 Å². The quantitative estimate of drug-likeness (QED) is 0.833. The Balaban J connectivity index is 2.10. The highest BCUT2D eigenvalue weighted by Gasteiger charge is 2.09. The summed E-state index contributed by atoms with van der Waals surface area (Å²) in [5.41, 5.74) is 0. The first-order valence-electron chi connectivity index (χ1n) is 4.96. The zero-order chi connectivity index (χ0) is 11.5. The molecule has 0 spiro atoms. The van der Waals surface area contributed by atoms with E-state index in [1.807, 2.05) is 20.0 Å². The SMILES string of the molecule is Cc1cnc(C(C)Nc2cccc(F)n2)s1. The summed E-state index contributed by atoms with van der Waals surface area (Å²) in [6, 6.07) is 4.72. The van der Waals surface area contributed by atoms with E-state index in [-0.39, 0.29) is 6.04 Å². The van der Waals surface area contributed by atoms with Crippen LogP contribution in [-0.2, 0) is 0 Å². The van der Waals surface area contributed by atoms with Crippen LogP contribution in [0.5, 0.6) is 0 Å². The Morgan fingerprint density at radius 2 is 2.25 bits per heavy atom. The van der Waals surface area contributed by atoms with Crippen molar-refractivity contribution in [1.29, 1.82) is 0 Å². The molecule has 0 radical (unpaired) electrons. The van der Waals surface area contributed by atoms with Crippen molar-refractivity contribution in [1.82, 2.24) is 9.97 Å². The molecule has 0 aliphatic heterocycles. The molecule has 0 aliphatic rings. The minimum Gasteiger partial charge on any atom is -0.361 e. The van der Waals surface area contributed by atoms with Crippen molar-refractivity contribution in [2.45, 2.75) is 19.9 Å². The number of anilines is 1. The number of thiazole rings is 1. The predicted octanol–water partition coefficient (Wildman–Crippen LogP) is 3.16. The molecular formula is C11H12FN3S. The molecule has 2 aromatic rings. The van der Waals surface area contributed by atoms with E-state index in [0.717, 1.165) is 9.88 Å². The lowest BCUT2D eigenvalue weighted by molar-refractivity contribution is 0.584. The molecule has 1 atom stereocenters. The van der Waals surface area contributed by atoms with Crippen LogP contribution in [0.25, 0.3) is 0 Å². The van der Waals surface area contributed by atoms with E-state index < -0.39 is 5.95 Å². The highest BCUT2D eigenvalue weighted by Crippen LogP contribution is 2.22. The monoisotopic (exact) mass is 237 g/mol. The summed E-state index contributed by atoms with van der Waals surface area (Å²) in [5, 5.41) is 4.08. The highest BCUT2D eigenvalue weighted by atomic mass is 32.1. The van der Waals surface area contributed by atoms with E-state index in [1.54, 1.807) is 23.5 Å². The second-order valence-electron chi connectivity index (χ2n) is 3.52. The molecule has 5 heteroatoms. The summed E-state index contributed by atoms with van der Waals surface area (Å²) in [6.45, 7) is 3.99. The third kappa shape index (κ3) is 2.55.